The summed E-state index contributed by atoms with van der Waals surface area (Å²) >= 11 is 0. The second-order valence-electron chi connectivity index (χ2n) is 5.03. The van der Waals surface area contributed by atoms with Crippen LogP contribution in [0.2, 0.25) is 0 Å². The molecule has 18 heavy (non-hydrogen) atoms. The molecule has 96 valence electrons. The molecule has 0 atom stereocenters. The lowest BCUT2D eigenvalue weighted by Gasteiger charge is -2.26. The lowest BCUT2D eigenvalue weighted by Crippen LogP contribution is -2.22. The maximum atomic E-state index is 5.99. The van der Waals surface area contributed by atoms with Crippen molar-refractivity contribution in [1.82, 2.24) is 0 Å². The fourth-order valence-electron chi connectivity index (χ4n) is 2.31. The SMILES string of the molecule is CC1CCC(Oc2ccc(C#CCN)cc2)CC1. The van der Waals surface area contributed by atoms with Crippen molar-refractivity contribution in [2.45, 2.75) is 38.7 Å². The highest BCUT2D eigenvalue weighted by molar-refractivity contribution is 5.38. The Morgan fingerprint density at radius 1 is 1.17 bits per heavy atom. The van der Waals surface area contributed by atoms with Crippen molar-refractivity contribution < 1.29 is 4.74 Å². The van der Waals surface area contributed by atoms with Crippen LogP contribution in [-0.2, 0) is 0 Å². The van der Waals surface area contributed by atoms with E-state index in [1.807, 2.05) is 24.3 Å². The number of hydrogen-bond acceptors (Lipinski definition) is 2. The summed E-state index contributed by atoms with van der Waals surface area (Å²) in [6.45, 7) is 2.72. The highest BCUT2D eigenvalue weighted by Gasteiger charge is 2.19. The van der Waals surface area contributed by atoms with E-state index in [-0.39, 0.29) is 0 Å². The summed E-state index contributed by atoms with van der Waals surface area (Å²) < 4.78 is 5.99. The van der Waals surface area contributed by atoms with Gasteiger partial charge in [0.2, 0.25) is 0 Å². The molecular formula is C16H21NO. The zero-order valence-electron chi connectivity index (χ0n) is 11.0. The molecule has 0 radical (unpaired) electrons. The molecule has 1 fully saturated rings. The molecule has 2 N–H and O–H groups in total. The first-order chi connectivity index (χ1) is 8.78. The highest BCUT2D eigenvalue weighted by Crippen LogP contribution is 2.27. The Labute approximate surface area is 110 Å². The number of hydrogen-bond donors (Lipinski definition) is 1. The largest absolute Gasteiger partial charge is 0.490 e. The molecule has 0 bridgehead atoms. The van der Waals surface area contributed by atoms with E-state index in [2.05, 4.69) is 18.8 Å². The maximum Gasteiger partial charge on any atom is 0.119 e. The minimum Gasteiger partial charge on any atom is -0.490 e. The van der Waals surface area contributed by atoms with Crippen LogP contribution in [0.3, 0.4) is 0 Å². The Kier molecular flexibility index (Phi) is 4.66. The van der Waals surface area contributed by atoms with E-state index in [0.717, 1.165) is 17.2 Å². The molecule has 1 aliphatic rings. The smallest absolute Gasteiger partial charge is 0.119 e. The fourth-order valence-corrected chi connectivity index (χ4v) is 2.31. The van der Waals surface area contributed by atoms with Gasteiger partial charge in [0.05, 0.1) is 12.6 Å². The van der Waals surface area contributed by atoms with Gasteiger partial charge in [-0.25, -0.2) is 0 Å². The second kappa shape index (κ2) is 6.47. The van der Waals surface area contributed by atoms with Gasteiger partial charge in [0.25, 0.3) is 0 Å². The van der Waals surface area contributed by atoms with E-state index < -0.39 is 0 Å². The van der Waals surface area contributed by atoms with Crippen LogP contribution in [0.1, 0.15) is 38.2 Å². The Bertz CT molecular complexity index is 419. The number of benzene rings is 1. The van der Waals surface area contributed by atoms with Crippen LogP contribution < -0.4 is 10.5 Å². The van der Waals surface area contributed by atoms with Gasteiger partial charge in [-0.15, -0.1) is 0 Å². The Balaban J connectivity index is 1.90. The van der Waals surface area contributed by atoms with Gasteiger partial charge < -0.3 is 10.5 Å². The monoisotopic (exact) mass is 243 g/mol. The van der Waals surface area contributed by atoms with Gasteiger partial charge >= 0.3 is 0 Å². The fraction of sp³-hybridized carbons (Fsp3) is 0.500. The first-order valence-corrected chi connectivity index (χ1v) is 6.73. The zero-order chi connectivity index (χ0) is 12.8. The molecule has 2 nitrogen and oxygen atoms in total. The molecule has 0 aliphatic heterocycles. The zero-order valence-corrected chi connectivity index (χ0v) is 11.0. The molecule has 2 rings (SSSR count). The van der Waals surface area contributed by atoms with E-state index in [1.165, 1.54) is 25.7 Å². The van der Waals surface area contributed by atoms with Crippen LogP contribution in [0.4, 0.5) is 0 Å². The quantitative estimate of drug-likeness (QED) is 0.811. The standard InChI is InChI=1S/C16H21NO/c1-13-4-8-15(9-5-13)18-16-10-6-14(7-11-16)3-2-12-17/h6-7,10-11,13,15H,4-5,8-9,12,17H2,1H3. The van der Waals surface area contributed by atoms with Crippen LogP contribution in [0.15, 0.2) is 24.3 Å². The second-order valence-corrected chi connectivity index (χ2v) is 5.03. The van der Waals surface area contributed by atoms with Gasteiger partial charge in [-0.3, -0.25) is 0 Å². The van der Waals surface area contributed by atoms with E-state index in [1.54, 1.807) is 0 Å². The van der Waals surface area contributed by atoms with Crippen LogP contribution in [0.5, 0.6) is 5.75 Å². The van der Waals surface area contributed by atoms with Gasteiger partial charge in [0.15, 0.2) is 0 Å². The van der Waals surface area contributed by atoms with Gasteiger partial charge in [-0.2, -0.15) is 0 Å². The van der Waals surface area contributed by atoms with Gasteiger partial charge in [-0.1, -0.05) is 18.8 Å². The van der Waals surface area contributed by atoms with E-state index >= 15 is 0 Å². The highest BCUT2D eigenvalue weighted by atomic mass is 16.5. The van der Waals surface area contributed by atoms with Crippen molar-refractivity contribution in [3.8, 4) is 17.6 Å². The Morgan fingerprint density at radius 3 is 2.44 bits per heavy atom. The average Bonchev–Trinajstić information content (AvgIpc) is 2.41. The number of ether oxygens (including phenoxy) is 1. The minimum absolute atomic E-state index is 0.391. The molecule has 1 aromatic rings. The third-order valence-corrected chi connectivity index (χ3v) is 3.45. The van der Waals surface area contributed by atoms with Gasteiger partial charge in [0.1, 0.15) is 5.75 Å². The van der Waals surface area contributed by atoms with Gasteiger partial charge in [-0.05, 0) is 55.9 Å². The summed E-state index contributed by atoms with van der Waals surface area (Å²) in [5, 5.41) is 0. The molecule has 2 heteroatoms. The maximum absolute atomic E-state index is 5.99. The van der Waals surface area contributed by atoms with Crippen LogP contribution in [0.25, 0.3) is 0 Å². The van der Waals surface area contributed by atoms with Crippen molar-refractivity contribution in [3.63, 3.8) is 0 Å². The predicted octanol–water partition coefficient (Wildman–Crippen LogP) is 2.95. The van der Waals surface area contributed by atoms with Crippen molar-refractivity contribution in [3.05, 3.63) is 29.8 Å². The lowest BCUT2D eigenvalue weighted by molar-refractivity contribution is 0.135. The third kappa shape index (κ3) is 3.78. The summed E-state index contributed by atoms with van der Waals surface area (Å²) in [4.78, 5) is 0. The normalized spacial score (nSPS) is 23.0. The first-order valence-electron chi connectivity index (χ1n) is 6.73. The van der Waals surface area contributed by atoms with E-state index in [0.29, 0.717) is 12.6 Å². The molecule has 0 amide bonds. The number of nitrogens with two attached hydrogens (primary N) is 1. The number of rotatable bonds is 2. The van der Waals surface area contributed by atoms with Gasteiger partial charge in [0, 0.05) is 5.56 Å². The van der Waals surface area contributed by atoms with Crippen LogP contribution in [0, 0.1) is 17.8 Å². The first kappa shape index (κ1) is 13.0. The minimum atomic E-state index is 0.391. The molecule has 0 aromatic heterocycles. The van der Waals surface area contributed by atoms with Crippen molar-refractivity contribution in [2.24, 2.45) is 11.7 Å². The topological polar surface area (TPSA) is 35.2 Å². The van der Waals surface area contributed by atoms with Crippen molar-refractivity contribution in [1.29, 1.82) is 0 Å². The Morgan fingerprint density at radius 2 is 1.83 bits per heavy atom. The molecule has 0 spiro atoms. The average molecular weight is 243 g/mol. The summed E-state index contributed by atoms with van der Waals surface area (Å²) in [7, 11) is 0. The summed E-state index contributed by atoms with van der Waals surface area (Å²) in [6, 6.07) is 7.98. The van der Waals surface area contributed by atoms with Crippen molar-refractivity contribution >= 4 is 0 Å². The third-order valence-electron chi connectivity index (χ3n) is 3.45. The van der Waals surface area contributed by atoms with E-state index in [9.17, 15) is 0 Å². The van der Waals surface area contributed by atoms with Crippen LogP contribution >= 0.6 is 0 Å². The Hall–Kier alpha value is -1.46. The summed E-state index contributed by atoms with van der Waals surface area (Å²) in [5.41, 5.74) is 6.33. The molecule has 0 unspecified atom stereocenters. The lowest BCUT2D eigenvalue weighted by atomic mass is 9.89. The van der Waals surface area contributed by atoms with Crippen molar-refractivity contribution in [2.75, 3.05) is 6.54 Å². The summed E-state index contributed by atoms with van der Waals surface area (Å²) in [5.74, 6) is 7.67. The summed E-state index contributed by atoms with van der Waals surface area (Å²) in [6.07, 6.45) is 5.31. The van der Waals surface area contributed by atoms with Crippen LogP contribution in [-0.4, -0.2) is 12.6 Å². The predicted molar refractivity (Wildman–Crippen MR) is 74.4 cm³/mol. The molecule has 1 saturated carbocycles. The molecule has 1 aromatic carbocycles. The molecule has 0 heterocycles. The van der Waals surface area contributed by atoms with E-state index in [4.69, 9.17) is 10.5 Å². The molecule has 0 saturated heterocycles. The molecular weight excluding hydrogens is 222 g/mol. The molecule has 1 aliphatic carbocycles.